The van der Waals surface area contributed by atoms with Gasteiger partial charge in [0.25, 0.3) is 11.8 Å². The van der Waals surface area contributed by atoms with Crippen molar-refractivity contribution in [1.29, 1.82) is 0 Å². The summed E-state index contributed by atoms with van der Waals surface area (Å²) in [7, 11) is 2.91. The molecule has 0 radical (unpaired) electrons. The Labute approximate surface area is 304 Å². The molecule has 2 heterocycles. The van der Waals surface area contributed by atoms with Gasteiger partial charge in [-0.15, -0.1) is 0 Å². The van der Waals surface area contributed by atoms with Gasteiger partial charge in [0.2, 0.25) is 11.6 Å². The van der Waals surface area contributed by atoms with Crippen LogP contribution in [0.5, 0.6) is 0 Å². The molecule has 14 nitrogen and oxygen atoms in total. The minimum Gasteiger partial charge on any atom is -0.439 e. The highest BCUT2D eigenvalue weighted by molar-refractivity contribution is 6.23. The molecule has 0 aromatic carbocycles. The number of nitrogens with one attached hydrogen (secondary N) is 3. The number of nitrogens with two attached hydrogens (primary N) is 1. The first kappa shape index (κ1) is 41.5. The molecule has 3 rings (SSSR count). The van der Waals surface area contributed by atoms with E-state index in [1.165, 1.54) is 20.3 Å². The second-order valence-electron chi connectivity index (χ2n) is 13.0. The van der Waals surface area contributed by atoms with Crippen molar-refractivity contribution in [3.05, 3.63) is 88.6 Å². The number of fused-ring (bicyclic) bond motifs is 2. The van der Waals surface area contributed by atoms with Gasteiger partial charge < -0.3 is 41.0 Å². The second-order valence-corrected chi connectivity index (χ2v) is 13.0. The van der Waals surface area contributed by atoms with E-state index < -0.39 is 53.9 Å². The van der Waals surface area contributed by atoms with E-state index in [9.17, 15) is 29.1 Å². The number of rotatable bonds is 10. The molecule has 0 fully saturated rings. The third-order valence-electron chi connectivity index (χ3n) is 8.88. The lowest BCUT2D eigenvalue weighted by Gasteiger charge is -2.30. The van der Waals surface area contributed by atoms with Crippen molar-refractivity contribution in [2.75, 3.05) is 27.3 Å². The summed E-state index contributed by atoms with van der Waals surface area (Å²) in [5.41, 5.74) is 6.68. The summed E-state index contributed by atoms with van der Waals surface area (Å²) in [5.74, 6) is -2.57. The molecule has 282 valence electrons. The molecule has 6 atom stereocenters. The van der Waals surface area contributed by atoms with E-state index in [4.69, 9.17) is 19.9 Å². The number of methoxy groups -OCH3 is 2. The number of Topliss-reactive ketones (excluding diaryl/α,β-unsaturated/α-hetero) is 1. The summed E-state index contributed by atoms with van der Waals surface area (Å²) in [4.78, 5) is 68.7. The van der Waals surface area contributed by atoms with Gasteiger partial charge in [-0.3, -0.25) is 24.2 Å². The zero-order valence-electron chi connectivity index (χ0n) is 30.6. The Kier molecular flexibility index (Phi) is 16.1. The number of unbranched alkanes of at least 4 members (excludes halogenated alkanes) is 1. The lowest BCUT2D eigenvalue weighted by Crippen LogP contribution is -2.38. The Bertz CT molecular complexity index is 1620. The number of carbonyl (C=O) groups excluding carboxylic acids is 5. The standard InChI is InChI=1S/C38H51N5O9/c1-22-18-26-32(41-16-9-10-17-42-37(48)27-13-7-8-15-40-27)29(44)21-28(34(26)46)43-36(47)23(2)12-11-14-30(50-5)35(52-38(39)49)25(4)20-24(3)33(45)31(19-22)51-6/h7-8,11-15,20-22,24,30-31,33,35,41,45H,9-10,16-19H2,1-6H3,(H2,39,49)(H,42,48)(H,43,47)/b14-11-,23-12+,25-20+/t22-,24+,30+,31+,33-,35+/m1/s1. The molecule has 6 N–H and O–H groups in total. The zero-order valence-corrected chi connectivity index (χ0v) is 30.6. The third-order valence-corrected chi connectivity index (χ3v) is 8.88. The molecule has 1 aliphatic heterocycles. The number of ketones is 2. The minimum absolute atomic E-state index is 0.140. The summed E-state index contributed by atoms with van der Waals surface area (Å²) >= 11 is 0. The van der Waals surface area contributed by atoms with Crippen LogP contribution in [-0.2, 0) is 28.6 Å². The summed E-state index contributed by atoms with van der Waals surface area (Å²) in [6.07, 6.45) is 6.27. The molecule has 52 heavy (non-hydrogen) atoms. The zero-order chi connectivity index (χ0) is 38.4. The summed E-state index contributed by atoms with van der Waals surface area (Å²) in [5, 5.41) is 19.9. The highest BCUT2D eigenvalue weighted by Gasteiger charge is 2.33. The van der Waals surface area contributed by atoms with Crippen molar-refractivity contribution < 1.29 is 43.3 Å². The summed E-state index contributed by atoms with van der Waals surface area (Å²) in [6, 6.07) is 5.08. The van der Waals surface area contributed by atoms with Crippen molar-refractivity contribution in [1.82, 2.24) is 20.9 Å². The van der Waals surface area contributed by atoms with Gasteiger partial charge in [0, 0.05) is 56.6 Å². The van der Waals surface area contributed by atoms with Crippen molar-refractivity contribution >= 4 is 29.5 Å². The predicted molar refractivity (Wildman–Crippen MR) is 193 cm³/mol. The molecular formula is C38H51N5O9. The van der Waals surface area contributed by atoms with Crippen LogP contribution in [0.1, 0.15) is 63.9 Å². The van der Waals surface area contributed by atoms with Gasteiger partial charge >= 0.3 is 6.09 Å². The number of hydrogen-bond acceptors (Lipinski definition) is 11. The van der Waals surface area contributed by atoms with E-state index >= 15 is 0 Å². The lowest BCUT2D eigenvalue weighted by molar-refractivity contribution is -0.120. The van der Waals surface area contributed by atoms with Crippen molar-refractivity contribution in [3.8, 4) is 0 Å². The van der Waals surface area contributed by atoms with Gasteiger partial charge in [0.05, 0.1) is 23.6 Å². The number of allylic oxidation sites excluding steroid dienone is 4. The molecule has 2 aliphatic rings. The van der Waals surface area contributed by atoms with E-state index in [1.807, 2.05) is 6.92 Å². The fraction of sp³-hybridized carbons (Fsp3) is 0.474. The van der Waals surface area contributed by atoms with E-state index in [1.54, 1.807) is 63.4 Å². The van der Waals surface area contributed by atoms with Gasteiger partial charge in [-0.25, -0.2) is 4.79 Å². The molecule has 1 aromatic rings. The Hall–Kier alpha value is -4.92. The Morgan fingerprint density at radius 2 is 1.81 bits per heavy atom. The maximum Gasteiger partial charge on any atom is 0.405 e. The molecule has 0 saturated heterocycles. The molecular weight excluding hydrogens is 670 g/mol. The quantitative estimate of drug-likeness (QED) is 0.135. The van der Waals surface area contributed by atoms with Crippen molar-refractivity contribution in [2.24, 2.45) is 17.6 Å². The number of aliphatic hydroxyl groups is 1. The highest BCUT2D eigenvalue weighted by Crippen LogP contribution is 2.29. The average molecular weight is 722 g/mol. The molecule has 3 amide bonds. The Morgan fingerprint density at radius 1 is 1.08 bits per heavy atom. The van der Waals surface area contributed by atoms with Crippen LogP contribution >= 0.6 is 0 Å². The molecule has 2 bridgehead atoms. The number of carbonyl (C=O) groups is 5. The van der Waals surface area contributed by atoms with Gasteiger partial charge in [-0.05, 0) is 63.2 Å². The first-order chi connectivity index (χ1) is 24.8. The molecule has 1 aromatic heterocycles. The summed E-state index contributed by atoms with van der Waals surface area (Å²) in [6.45, 7) is 7.69. The topological polar surface area (TPSA) is 208 Å². The van der Waals surface area contributed by atoms with Crippen LogP contribution in [0.2, 0.25) is 0 Å². The van der Waals surface area contributed by atoms with E-state index in [2.05, 4.69) is 20.9 Å². The van der Waals surface area contributed by atoms with Crippen LogP contribution in [0.25, 0.3) is 0 Å². The number of nitrogens with zero attached hydrogens (tertiary/aromatic N) is 1. The van der Waals surface area contributed by atoms with Crippen LogP contribution in [-0.4, -0.2) is 91.3 Å². The molecule has 14 heteroatoms. The number of ether oxygens (including phenoxy) is 3. The fourth-order valence-corrected chi connectivity index (χ4v) is 6.03. The van der Waals surface area contributed by atoms with E-state index in [0.717, 1.165) is 6.08 Å². The number of aliphatic hydroxyl groups excluding tert-OH is 1. The number of hydrogen-bond donors (Lipinski definition) is 5. The molecule has 0 spiro atoms. The predicted octanol–water partition coefficient (Wildman–Crippen LogP) is 2.96. The first-order valence-corrected chi connectivity index (χ1v) is 17.3. The van der Waals surface area contributed by atoms with Crippen molar-refractivity contribution in [3.63, 3.8) is 0 Å². The average Bonchev–Trinajstić information content (AvgIpc) is 3.11. The molecule has 0 saturated carbocycles. The van der Waals surface area contributed by atoms with Gasteiger partial charge in [-0.2, -0.15) is 0 Å². The first-order valence-electron chi connectivity index (χ1n) is 17.3. The number of aromatic nitrogens is 1. The number of primary amides is 1. The Balaban J connectivity index is 1.88. The minimum atomic E-state index is -1.01. The van der Waals surface area contributed by atoms with Crippen LogP contribution in [0, 0.1) is 11.8 Å². The fourth-order valence-electron chi connectivity index (χ4n) is 6.03. The smallest absolute Gasteiger partial charge is 0.405 e. The van der Waals surface area contributed by atoms with Crippen LogP contribution < -0.4 is 21.7 Å². The van der Waals surface area contributed by atoms with Crippen LogP contribution in [0.15, 0.2) is 82.9 Å². The van der Waals surface area contributed by atoms with Gasteiger partial charge in [-0.1, -0.05) is 44.2 Å². The maximum atomic E-state index is 13.9. The normalized spacial score (nSPS) is 27.7. The highest BCUT2D eigenvalue weighted by atomic mass is 16.6. The SMILES string of the molecule is CO[C@H]1/C=C\C=C(/C)C(=O)NC2=CC(=O)C(NCCCCNC(=O)c3ccccn3)=C(C[C@@H](C)C[C@H](OC)[C@H](O)[C@@H](C)/C=C(\C)[C@@H]1OC(N)=O)C2=O. The monoisotopic (exact) mass is 721 g/mol. The second kappa shape index (κ2) is 20.2. The lowest BCUT2D eigenvalue weighted by atomic mass is 9.85. The molecule has 1 aliphatic carbocycles. The number of amides is 3. The van der Waals surface area contributed by atoms with Crippen LogP contribution in [0.3, 0.4) is 0 Å². The van der Waals surface area contributed by atoms with E-state index in [0.29, 0.717) is 43.6 Å². The molecule has 0 unspecified atom stereocenters. The van der Waals surface area contributed by atoms with Crippen molar-refractivity contribution in [2.45, 2.75) is 77.8 Å². The Morgan fingerprint density at radius 3 is 2.46 bits per heavy atom. The van der Waals surface area contributed by atoms with Gasteiger partial charge in [0.15, 0.2) is 6.10 Å². The largest absolute Gasteiger partial charge is 0.439 e. The van der Waals surface area contributed by atoms with E-state index in [-0.39, 0.29) is 40.8 Å². The van der Waals surface area contributed by atoms with Gasteiger partial charge in [0.1, 0.15) is 11.8 Å². The van der Waals surface area contributed by atoms with Crippen LogP contribution in [0.4, 0.5) is 4.79 Å². The number of pyridine rings is 1. The summed E-state index contributed by atoms with van der Waals surface area (Å²) < 4.78 is 16.7. The third kappa shape index (κ3) is 11.8. The maximum absolute atomic E-state index is 13.9.